The minimum Gasteiger partial charge on any atom is -0.461 e. The van der Waals surface area contributed by atoms with Crippen LogP contribution >= 0.6 is 15.9 Å². The van der Waals surface area contributed by atoms with E-state index in [0.717, 1.165) is 27.4 Å². The summed E-state index contributed by atoms with van der Waals surface area (Å²) >= 11 is 3.46. The zero-order valence-electron chi connectivity index (χ0n) is 8.64. The number of halogens is 1. The molecule has 0 saturated heterocycles. The summed E-state index contributed by atoms with van der Waals surface area (Å²) in [6.45, 7) is 2.05. The van der Waals surface area contributed by atoms with Crippen LogP contribution in [-0.2, 0) is 0 Å². The molecule has 16 heavy (non-hydrogen) atoms. The Morgan fingerprint density at radius 3 is 2.88 bits per heavy atom. The molecule has 0 aliphatic heterocycles. The molecule has 3 rings (SSSR count). The Morgan fingerprint density at radius 2 is 2.12 bits per heavy atom. The molecule has 0 amide bonds. The number of fused-ring (bicyclic) bond motifs is 1. The van der Waals surface area contributed by atoms with Gasteiger partial charge in [0.15, 0.2) is 11.6 Å². The van der Waals surface area contributed by atoms with Crippen molar-refractivity contribution < 1.29 is 4.42 Å². The first-order valence-corrected chi connectivity index (χ1v) is 5.74. The average molecular weight is 277 g/mol. The summed E-state index contributed by atoms with van der Waals surface area (Å²) in [5.41, 5.74) is 2.17. The average Bonchev–Trinajstić information content (AvgIpc) is 2.87. The maximum absolute atomic E-state index is 5.39. The van der Waals surface area contributed by atoms with Gasteiger partial charge in [-0.05, 0) is 47.1 Å². The second-order valence-corrected chi connectivity index (χ2v) is 4.34. The molecule has 0 atom stereocenters. The smallest absolute Gasteiger partial charge is 0.182 e. The summed E-state index contributed by atoms with van der Waals surface area (Å²) in [6, 6.07) is 9.86. The fourth-order valence-electron chi connectivity index (χ4n) is 1.83. The van der Waals surface area contributed by atoms with E-state index in [4.69, 9.17) is 4.42 Å². The first kappa shape index (κ1) is 9.66. The molecule has 0 N–H and O–H groups in total. The first-order valence-electron chi connectivity index (χ1n) is 4.95. The van der Waals surface area contributed by atoms with Gasteiger partial charge < -0.3 is 4.42 Å². The Kier molecular flexibility index (Phi) is 2.11. The molecule has 80 valence electrons. The van der Waals surface area contributed by atoms with Crippen molar-refractivity contribution in [1.82, 2.24) is 9.38 Å². The summed E-state index contributed by atoms with van der Waals surface area (Å²) in [6.07, 6.45) is 1.66. The van der Waals surface area contributed by atoms with Gasteiger partial charge in [0, 0.05) is 5.69 Å². The van der Waals surface area contributed by atoms with E-state index in [1.54, 1.807) is 6.26 Å². The van der Waals surface area contributed by atoms with Gasteiger partial charge in [-0.15, -0.1) is 0 Å². The first-order chi connectivity index (χ1) is 7.77. The third kappa shape index (κ3) is 1.30. The second-order valence-electron chi connectivity index (χ2n) is 3.59. The third-order valence-corrected chi connectivity index (χ3v) is 3.14. The van der Waals surface area contributed by atoms with Crippen molar-refractivity contribution >= 4 is 21.4 Å². The van der Waals surface area contributed by atoms with Crippen molar-refractivity contribution in [3.63, 3.8) is 0 Å². The monoisotopic (exact) mass is 276 g/mol. The highest BCUT2D eigenvalue weighted by Gasteiger charge is 2.13. The number of pyridine rings is 1. The van der Waals surface area contributed by atoms with Gasteiger partial charge in [0.05, 0.1) is 11.8 Å². The molecule has 4 heteroatoms. The van der Waals surface area contributed by atoms with E-state index < -0.39 is 0 Å². The summed E-state index contributed by atoms with van der Waals surface area (Å²) in [7, 11) is 0. The second kappa shape index (κ2) is 3.49. The number of hydrogen-bond donors (Lipinski definition) is 0. The number of nitrogens with zero attached hydrogens (tertiary/aromatic N) is 2. The lowest BCUT2D eigenvalue weighted by atomic mass is 10.3. The van der Waals surface area contributed by atoms with Crippen LogP contribution in [0.3, 0.4) is 0 Å². The molecule has 3 nitrogen and oxygen atoms in total. The van der Waals surface area contributed by atoms with Gasteiger partial charge in [0.25, 0.3) is 0 Å². The molecule has 0 saturated carbocycles. The summed E-state index contributed by atoms with van der Waals surface area (Å²) < 4.78 is 8.30. The van der Waals surface area contributed by atoms with E-state index in [0.29, 0.717) is 0 Å². The van der Waals surface area contributed by atoms with Crippen molar-refractivity contribution in [2.24, 2.45) is 0 Å². The van der Waals surface area contributed by atoms with Gasteiger partial charge >= 0.3 is 0 Å². The van der Waals surface area contributed by atoms with E-state index >= 15 is 0 Å². The lowest BCUT2D eigenvalue weighted by Crippen LogP contribution is -1.92. The predicted octanol–water partition coefficient (Wildman–Crippen LogP) is 3.67. The third-order valence-electron chi connectivity index (χ3n) is 2.55. The minimum atomic E-state index is 0.773. The maximum Gasteiger partial charge on any atom is 0.182 e. The van der Waals surface area contributed by atoms with E-state index in [1.165, 1.54) is 0 Å². The van der Waals surface area contributed by atoms with Crippen LogP contribution in [-0.4, -0.2) is 9.38 Å². The number of aromatic nitrogens is 2. The number of imidazole rings is 1. The van der Waals surface area contributed by atoms with Crippen molar-refractivity contribution in [3.05, 3.63) is 46.9 Å². The standard InChI is InChI=1S/C12H9BrN2O/c1-8-4-2-5-9-11(13)14-12(15(8)9)10-6-3-7-16-10/h2-7H,1H3. The molecular weight excluding hydrogens is 268 g/mol. The summed E-state index contributed by atoms with van der Waals surface area (Å²) in [4.78, 5) is 4.48. The fourth-order valence-corrected chi connectivity index (χ4v) is 2.31. The van der Waals surface area contributed by atoms with Crippen LogP contribution in [0, 0.1) is 6.92 Å². The van der Waals surface area contributed by atoms with Gasteiger partial charge in [-0.25, -0.2) is 4.98 Å². The Balaban J connectivity index is 2.42. The van der Waals surface area contributed by atoms with Crippen LogP contribution in [0.5, 0.6) is 0 Å². The lowest BCUT2D eigenvalue weighted by Gasteiger charge is -2.02. The largest absolute Gasteiger partial charge is 0.461 e. The van der Waals surface area contributed by atoms with Gasteiger partial charge in [-0.1, -0.05) is 6.07 Å². The molecular formula is C12H9BrN2O. The Morgan fingerprint density at radius 1 is 1.25 bits per heavy atom. The molecule has 0 fully saturated rings. The Bertz CT molecular complexity index is 640. The van der Waals surface area contributed by atoms with Crippen molar-refractivity contribution in [2.75, 3.05) is 0 Å². The van der Waals surface area contributed by atoms with Gasteiger partial charge in [0.2, 0.25) is 0 Å². The van der Waals surface area contributed by atoms with Crippen LogP contribution in [0.15, 0.2) is 45.6 Å². The topological polar surface area (TPSA) is 30.4 Å². The van der Waals surface area contributed by atoms with Crippen LogP contribution in [0.4, 0.5) is 0 Å². The predicted molar refractivity (Wildman–Crippen MR) is 65.3 cm³/mol. The number of hydrogen-bond acceptors (Lipinski definition) is 2. The quantitative estimate of drug-likeness (QED) is 0.679. The molecule has 0 aliphatic carbocycles. The van der Waals surface area contributed by atoms with Gasteiger partial charge in [-0.2, -0.15) is 0 Å². The highest BCUT2D eigenvalue weighted by atomic mass is 79.9. The SMILES string of the molecule is Cc1cccc2c(Br)nc(-c3ccco3)n12. The normalized spacial score (nSPS) is 11.1. The zero-order chi connectivity index (χ0) is 11.1. The van der Waals surface area contributed by atoms with Crippen LogP contribution in [0.1, 0.15) is 5.69 Å². The number of rotatable bonds is 1. The van der Waals surface area contributed by atoms with Crippen LogP contribution in [0.2, 0.25) is 0 Å². The van der Waals surface area contributed by atoms with Gasteiger partial charge in [-0.3, -0.25) is 4.40 Å². The molecule has 3 aromatic rings. The molecule has 0 radical (unpaired) electrons. The highest BCUT2D eigenvalue weighted by molar-refractivity contribution is 9.10. The minimum absolute atomic E-state index is 0.773. The molecule has 0 bridgehead atoms. The molecule has 0 aromatic carbocycles. The number of aryl methyl sites for hydroxylation is 1. The Labute approximate surface area is 101 Å². The molecule has 0 spiro atoms. The lowest BCUT2D eigenvalue weighted by molar-refractivity contribution is 0.576. The molecule has 0 unspecified atom stereocenters. The van der Waals surface area contributed by atoms with Crippen LogP contribution < -0.4 is 0 Å². The van der Waals surface area contributed by atoms with Gasteiger partial charge in [0.1, 0.15) is 4.60 Å². The van der Waals surface area contributed by atoms with E-state index in [1.807, 2.05) is 37.3 Å². The fraction of sp³-hybridized carbons (Fsp3) is 0.0833. The zero-order valence-corrected chi connectivity index (χ0v) is 10.2. The van der Waals surface area contributed by atoms with Crippen LogP contribution in [0.25, 0.3) is 17.1 Å². The van der Waals surface area contributed by atoms with Crippen molar-refractivity contribution in [1.29, 1.82) is 0 Å². The van der Waals surface area contributed by atoms with Crippen molar-refractivity contribution in [2.45, 2.75) is 6.92 Å². The molecule has 3 aromatic heterocycles. The summed E-state index contributed by atoms with van der Waals surface area (Å²) in [5.74, 6) is 1.60. The maximum atomic E-state index is 5.39. The molecule has 0 aliphatic rings. The summed E-state index contributed by atoms with van der Waals surface area (Å²) in [5, 5.41) is 0. The van der Waals surface area contributed by atoms with E-state index in [9.17, 15) is 0 Å². The number of furan rings is 1. The Hall–Kier alpha value is -1.55. The van der Waals surface area contributed by atoms with E-state index in [2.05, 4.69) is 25.3 Å². The molecule has 3 heterocycles. The van der Waals surface area contributed by atoms with E-state index in [-0.39, 0.29) is 0 Å². The van der Waals surface area contributed by atoms with Crippen molar-refractivity contribution in [3.8, 4) is 11.6 Å². The highest BCUT2D eigenvalue weighted by Crippen LogP contribution is 2.27.